The number of nitrogens with zero attached hydrogens (tertiary/aromatic N) is 3. The molecule has 1 heterocycles. The summed E-state index contributed by atoms with van der Waals surface area (Å²) < 4.78 is 11.7. The van der Waals surface area contributed by atoms with Gasteiger partial charge in [-0.15, -0.1) is 0 Å². The third kappa shape index (κ3) is 5.97. The standard InChI is InChI=1S/C26H36N4O5/c1-17-14-30(18(2)16-31)25(32)21-8-7-9-22(28(3)4)24(21)35-23(17)15-29(5)26(33)27-19-10-12-20(34-6)13-11-19/h7-13,17-18,23,31H,14-16H2,1-6H3,(H,27,33)/t17-,18+,23+/m1/s1. The highest BCUT2D eigenvalue weighted by Gasteiger charge is 2.35. The Labute approximate surface area is 207 Å². The summed E-state index contributed by atoms with van der Waals surface area (Å²) in [5.74, 6) is 0.909. The molecule has 0 fully saturated rings. The molecular weight excluding hydrogens is 448 g/mol. The molecule has 2 N–H and O–H groups in total. The van der Waals surface area contributed by atoms with E-state index in [0.29, 0.717) is 35.8 Å². The van der Waals surface area contributed by atoms with Crippen LogP contribution in [0.1, 0.15) is 24.2 Å². The van der Waals surface area contributed by atoms with E-state index >= 15 is 0 Å². The monoisotopic (exact) mass is 484 g/mol. The quantitative estimate of drug-likeness (QED) is 0.627. The van der Waals surface area contributed by atoms with E-state index < -0.39 is 0 Å². The number of likely N-dealkylation sites (N-methyl/N-ethyl adjacent to an activating group) is 1. The van der Waals surface area contributed by atoms with E-state index in [-0.39, 0.29) is 36.6 Å². The predicted octanol–water partition coefficient (Wildman–Crippen LogP) is 3.15. The second-order valence-corrected chi connectivity index (χ2v) is 9.21. The summed E-state index contributed by atoms with van der Waals surface area (Å²) in [7, 11) is 7.09. The van der Waals surface area contributed by atoms with Gasteiger partial charge >= 0.3 is 6.03 Å². The lowest BCUT2D eigenvalue weighted by Gasteiger charge is -2.39. The van der Waals surface area contributed by atoms with E-state index in [9.17, 15) is 14.7 Å². The van der Waals surface area contributed by atoms with Gasteiger partial charge in [-0.25, -0.2) is 4.79 Å². The number of methoxy groups -OCH3 is 1. The van der Waals surface area contributed by atoms with Gasteiger partial charge in [0.2, 0.25) is 0 Å². The Bertz CT molecular complexity index is 1030. The first-order chi connectivity index (χ1) is 16.7. The molecular formula is C26H36N4O5. The lowest BCUT2D eigenvalue weighted by molar-refractivity contribution is 0.0372. The first-order valence-electron chi connectivity index (χ1n) is 11.7. The number of hydrogen-bond acceptors (Lipinski definition) is 6. The summed E-state index contributed by atoms with van der Waals surface area (Å²) in [5.41, 5.74) is 1.87. The molecule has 190 valence electrons. The van der Waals surface area contributed by atoms with Crippen molar-refractivity contribution in [3.8, 4) is 11.5 Å². The molecule has 0 aromatic heterocycles. The molecule has 2 aromatic carbocycles. The van der Waals surface area contributed by atoms with E-state index in [4.69, 9.17) is 9.47 Å². The van der Waals surface area contributed by atoms with Crippen LogP contribution in [0.4, 0.5) is 16.2 Å². The van der Waals surface area contributed by atoms with Crippen LogP contribution in [0.2, 0.25) is 0 Å². The number of fused-ring (bicyclic) bond motifs is 1. The van der Waals surface area contributed by atoms with Crippen LogP contribution in [0.25, 0.3) is 0 Å². The average Bonchev–Trinajstić information content (AvgIpc) is 2.85. The van der Waals surface area contributed by atoms with Crippen molar-refractivity contribution in [2.75, 3.05) is 58.2 Å². The van der Waals surface area contributed by atoms with Gasteiger partial charge in [-0.05, 0) is 43.3 Å². The lowest BCUT2D eigenvalue weighted by Crippen LogP contribution is -2.50. The van der Waals surface area contributed by atoms with Gasteiger partial charge in [0.05, 0.1) is 37.6 Å². The summed E-state index contributed by atoms with van der Waals surface area (Å²) in [4.78, 5) is 31.5. The molecule has 1 aliphatic rings. The highest BCUT2D eigenvalue weighted by atomic mass is 16.5. The summed E-state index contributed by atoms with van der Waals surface area (Å²) >= 11 is 0. The first-order valence-corrected chi connectivity index (χ1v) is 11.7. The van der Waals surface area contributed by atoms with Crippen LogP contribution in [0.3, 0.4) is 0 Å². The minimum atomic E-state index is -0.386. The van der Waals surface area contributed by atoms with Crippen molar-refractivity contribution < 1.29 is 24.2 Å². The number of nitrogens with one attached hydrogen (secondary N) is 1. The van der Waals surface area contributed by atoms with Crippen LogP contribution in [0.15, 0.2) is 42.5 Å². The molecule has 9 nitrogen and oxygen atoms in total. The van der Waals surface area contributed by atoms with E-state index in [2.05, 4.69) is 5.32 Å². The van der Waals surface area contributed by atoms with Gasteiger partial charge in [0.15, 0.2) is 5.75 Å². The fourth-order valence-corrected chi connectivity index (χ4v) is 4.04. The molecule has 3 amide bonds. The number of aliphatic hydroxyl groups excluding tert-OH is 1. The number of rotatable bonds is 7. The number of carbonyl (C=O) groups is 2. The fourth-order valence-electron chi connectivity index (χ4n) is 4.04. The average molecular weight is 485 g/mol. The van der Waals surface area contributed by atoms with Gasteiger partial charge in [0.1, 0.15) is 11.9 Å². The molecule has 2 aromatic rings. The fraction of sp³-hybridized carbons (Fsp3) is 0.462. The third-order valence-corrected chi connectivity index (χ3v) is 6.29. The zero-order chi connectivity index (χ0) is 25.7. The first kappa shape index (κ1) is 26.2. The van der Waals surface area contributed by atoms with Crippen molar-refractivity contribution in [2.45, 2.75) is 26.0 Å². The molecule has 9 heteroatoms. The summed E-state index contributed by atoms with van der Waals surface area (Å²) in [6, 6.07) is 12.0. The second-order valence-electron chi connectivity index (χ2n) is 9.21. The minimum absolute atomic E-state index is 0.104. The highest BCUT2D eigenvalue weighted by molar-refractivity contribution is 5.99. The van der Waals surface area contributed by atoms with Gasteiger partial charge in [0, 0.05) is 39.3 Å². The molecule has 35 heavy (non-hydrogen) atoms. The Morgan fingerprint density at radius 2 is 1.91 bits per heavy atom. The maximum absolute atomic E-state index is 13.4. The van der Waals surface area contributed by atoms with Crippen LogP contribution in [-0.4, -0.2) is 86.9 Å². The van der Waals surface area contributed by atoms with Gasteiger partial charge in [-0.2, -0.15) is 0 Å². The lowest BCUT2D eigenvalue weighted by atomic mass is 9.99. The molecule has 0 unspecified atom stereocenters. The number of amides is 3. The zero-order valence-electron chi connectivity index (χ0n) is 21.3. The van der Waals surface area contributed by atoms with Crippen molar-refractivity contribution in [1.82, 2.24) is 9.80 Å². The molecule has 3 rings (SSSR count). The number of anilines is 2. The molecule has 1 aliphatic heterocycles. The van der Waals surface area contributed by atoms with E-state index in [1.807, 2.05) is 45.0 Å². The Kier molecular flexibility index (Phi) is 8.45. The largest absolute Gasteiger partial charge is 0.497 e. The number of para-hydroxylation sites is 1. The molecule has 0 saturated carbocycles. The Morgan fingerprint density at radius 3 is 2.51 bits per heavy atom. The highest BCUT2D eigenvalue weighted by Crippen LogP contribution is 2.36. The summed E-state index contributed by atoms with van der Waals surface area (Å²) in [6.07, 6.45) is -0.386. The number of hydrogen-bond donors (Lipinski definition) is 2. The SMILES string of the molecule is COc1ccc(NC(=O)N(C)C[C@@H]2Oc3c(cccc3N(C)C)C(=O)N([C@@H](C)CO)C[C@H]2C)cc1. The van der Waals surface area contributed by atoms with Gasteiger partial charge < -0.3 is 34.6 Å². The van der Waals surface area contributed by atoms with Crippen LogP contribution in [-0.2, 0) is 0 Å². The number of aliphatic hydroxyl groups is 1. The van der Waals surface area contributed by atoms with E-state index in [0.717, 1.165) is 5.69 Å². The summed E-state index contributed by atoms with van der Waals surface area (Å²) in [6.45, 7) is 4.38. The summed E-state index contributed by atoms with van der Waals surface area (Å²) in [5, 5.41) is 12.7. The number of urea groups is 1. The predicted molar refractivity (Wildman–Crippen MR) is 137 cm³/mol. The third-order valence-electron chi connectivity index (χ3n) is 6.29. The van der Waals surface area contributed by atoms with Crippen LogP contribution in [0, 0.1) is 5.92 Å². The maximum atomic E-state index is 13.4. The molecule has 3 atom stereocenters. The van der Waals surface area contributed by atoms with Gasteiger partial charge in [-0.3, -0.25) is 4.79 Å². The van der Waals surface area contributed by atoms with Gasteiger partial charge in [-0.1, -0.05) is 13.0 Å². The zero-order valence-corrected chi connectivity index (χ0v) is 21.3. The molecule has 0 saturated heterocycles. The van der Waals surface area contributed by atoms with Crippen LogP contribution < -0.4 is 19.7 Å². The Morgan fingerprint density at radius 1 is 1.23 bits per heavy atom. The van der Waals surface area contributed by atoms with Crippen molar-refractivity contribution in [3.05, 3.63) is 48.0 Å². The minimum Gasteiger partial charge on any atom is -0.497 e. The number of ether oxygens (including phenoxy) is 2. The van der Waals surface area contributed by atoms with Crippen molar-refractivity contribution in [2.24, 2.45) is 5.92 Å². The van der Waals surface area contributed by atoms with Crippen molar-refractivity contribution in [1.29, 1.82) is 0 Å². The van der Waals surface area contributed by atoms with E-state index in [1.54, 1.807) is 54.3 Å². The topological polar surface area (TPSA) is 94.6 Å². The molecule has 0 spiro atoms. The molecule has 0 aliphatic carbocycles. The van der Waals surface area contributed by atoms with Crippen molar-refractivity contribution in [3.63, 3.8) is 0 Å². The second kappa shape index (κ2) is 11.3. The van der Waals surface area contributed by atoms with Gasteiger partial charge in [0.25, 0.3) is 5.91 Å². The Hall–Kier alpha value is -3.46. The maximum Gasteiger partial charge on any atom is 0.321 e. The molecule has 0 radical (unpaired) electrons. The normalized spacial score (nSPS) is 18.5. The van der Waals surface area contributed by atoms with Crippen molar-refractivity contribution >= 4 is 23.3 Å². The van der Waals surface area contributed by atoms with Crippen LogP contribution >= 0.6 is 0 Å². The number of carbonyl (C=O) groups excluding carboxylic acids is 2. The van der Waals surface area contributed by atoms with Crippen LogP contribution in [0.5, 0.6) is 11.5 Å². The van der Waals surface area contributed by atoms with E-state index in [1.165, 1.54) is 0 Å². The smallest absolute Gasteiger partial charge is 0.321 e. The molecule has 0 bridgehead atoms. The Balaban J connectivity index is 1.87. The number of benzene rings is 2.